The zero-order valence-electron chi connectivity index (χ0n) is 25.8. The second-order valence-corrected chi connectivity index (χ2v) is 14.5. The maximum absolute atomic E-state index is 15.5. The van der Waals surface area contributed by atoms with Crippen LogP contribution in [0.25, 0.3) is 22.3 Å². The minimum Gasteiger partial charge on any atom is -0.366 e. The van der Waals surface area contributed by atoms with Gasteiger partial charge in [-0.15, -0.1) is 0 Å². The van der Waals surface area contributed by atoms with E-state index >= 15 is 4.39 Å². The van der Waals surface area contributed by atoms with Crippen molar-refractivity contribution in [1.29, 1.82) is 5.26 Å². The summed E-state index contributed by atoms with van der Waals surface area (Å²) >= 11 is 1.34. The van der Waals surface area contributed by atoms with Crippen LogP contribution in [0.2, 0.25) is 0 Å². The van der Waals surface area contributed by atoms with Gasteiger partial charge < -0.3 is 19.6 Å². The summed E-state index contributed by atoms with van der Waals surface area (Å²) in [5, 5.41) is 16.1. The van der Waals surface area contributed by atoms with Crippen molar-refractivity contribution in [3.8, 4) is 17.3 Å². The highest BCUT2D eigenvalue weighted by Crippen LogP contribution is 2.47. The highest BCUT2D eigenvalue weighted by Gasteiger charge is 2.54. The average Bonchev–Trinajstić information content (AvgIpc) is 3.64. The van der Waals surface area contributed by atoms with Gasteiger partial charge in [-0.05, 0) is 58.8 Å². The van der Waals surface area contributed by atoms with Crippen LogP contribution in [0.15, 0.2) is 30.3 Å². The lowest BCUT2D eigenvalue weighted by molar-refractivity contribution is -0.151. The lowest BCUT2D eigenvalue weighted by Crippen LogP contribution is -2.73. The number of hydrogen-bond donors (Lipinski definition) is 0. The van der Waals surface area contributed by atoms with Crippen molar-refractivity contribution in [3.63, 3.8) is 0 Å². The number of likely N-dealkylation sites (tertiary alicyclic amines) is 2. The predicted octanol–water partition coefficient (Wildman–Crippen LogP) is 4.97. The van der Waals surface area contributed by atoms with Crippen molar-refractivity contribution in [2.45, 2.75) is 38.6 Å². The maximum Gasteiger partial charge on any atom is 0.238 e. The smallest absolute Gasteiger partial charge is 0.238 e. The molecular weight excluding hydrogens is 589 g/mol. The van der Waals surface area contributed by atoms with E-state index in [-0.39, 0.29) is 23.3 Å². The summed E-state index contributed by atoms with van der Waals surface area (Å²) in [6, 6.07) is 12.4. The molecule has 1 saturated carbocycles. The quantitative estimate of drug-likeness (QED) is 0.277. The first-order chi connectivity index (χ1) is 21.7. The summed E-state index contributed by atoms with van der Waals surface area (Å²) in [7, 11) is 4.04. The maximum atomic E-state index is 15.5. The molecule has 10 nitrogen and oxygen atoms in total. The Hall–Kier alpha value is -4.08. The number of piperidine rings is 1. The standard InChI is InChI=1S/C33H36FN9OS/c1-20-4-6-21(7-5-20)27-26(15-35)45-32(36-27)40(3)30-24-14-25(28(34)37-29(24)38-43(30)23-8-9-23)41-16-33(17-41)18-42(19-33)31(44)22-10-12-39(2)13-11-22/h4-7,14,22-23H,8-13,16-19H2,1-3H3. The summed E-state index contributed by atoms with van der Waals surface area (Å²) in [4.78, 5) is 31.2. The number of nitrogens with zero attached hydrogens (tertiary/aromatic N) is 9. The highest BCUT2D eigenvalue weighted by atomic mass is 32.1. The van der Waals surface area contributed by atoms with E-state index in [9.17, 15) is 10.1 Å². The van der Waals surface area contributed by atoms with Crippen molar-refractivity contribution in [1.82, 2.24) is 29.5 Å². The van der Waals surface area contributed by atoms with Gasteiger partial charge in [0.15, 0.2) is 10.8 Å². The number of rotatable bonds is 6. The molecule has 0 atom stereocenters. The molecule has 12 heteroatoms. The Kier molecular flexibility index (Phi) is 6.62. The first-order valence-corrected chi connectivity index (χ1v) is 16.6. The van der Waals surface area contributed by atoms with Crippen LogP contribution < -0.4 is 9.80 Å². The lowest BCUT2D eigenvalue weighted by atomic mass is 9.72. The van der Waals surface area contributed by atoms with E-state index in [0.717, 1.165) is 74.2 Å². The van der Waals surface area contributed by atoms with E-state index < -0.39 is 5.95 Å². The monoisotopic (exact) mass is 625 g/mol. The molecule has 3 saturated heterocycles. The van der Waals surface area contributed by atoms with Crippen LogP contribution in [0.4, 0.5) is 21.0 Å². The van der Waals surface area contributed by atoms with Gasteiger partial charge in [-0.25, -0.2) is 9.67 Å². The minimum atomic E-state index is -0.520. The number of hydrogen-bond acceptors (Lipinski definition) is 9. The van der Waals surface area contributed by atoms with Crippen LogP contribution in [0.3, 0.4) is 0 Å². The first-order valence-electron chi connectivity index (χ1n) is 15.7. The molecule has 6 heterocycles. The number of carbonyl (C=O) groups excluding carboxylic acids is 1. The SMILES string of the molecule is Cc1ccc(-c2nc(N(C)c3c4cc(N5CC6(CN(C(=O)C7CCN(C)CC7)C6)C5)c(F)nc4nn3C3CC3)sc2C#N)cc1. The van der Waals surface area contributed by atoms with Gasteiger partial charge in [0, 0.05) is 50.1 Å². The fourth-order valence-electron chi connectivity index (χ4n) is 7.21. The van der Waals surface area contributed by atoms with E-state index in [1.54, 1.807) is 0 Å². The number of halogens is 1. The van der Waals surface area contributed by atoms with E-state index in [2.05, 4.69) is 23.0 Å². The number of pyridine rings is 1. The molecule has 232 valence electrons. The third kappa shape index (κ3) is 4.84. The third-order valence-electron chi connectivity index (χ3n) is 9.96. The molecule has 1 aliphatic carbocycles. The largest absolute Gasteiger partial charge is 0.366 e. The molecular formula is C33H36FN9OS. The van der Waals surface area contributed by atoms with Crippen molar-refractivity contribution >= 4 is 44.9 Å². The summed E-state index contributed by atoms with van der Waals surface area (Å²) in [5.74, 6) is 0.707. The third-order valence-corrected chi connectivity index (χ3v) is 11.0. The summed E-state index contributed by atoms with van der Waals surface area (Å²) in [5.41, 5.74) is 3.56. The molecule has 3 aromatic heterocycles. The molecule has 0 N–H and O–H groups in total. The van der Waals surface area contributed by atoms with Gasteiger partial charge >= 0.3 is 0 Å². The molecule has 8 rings (SSSR count). The molecule has 3 aliphatic heterocycles. The number of thiazole rings is 1. The molecule has 45 heavy (non-hydrogen) atoms. The van der Waals surface area contributed by atoms with E-state index in [1.165, 1.54) is 11.3 Å². The molecule has 4 fully saturated rings. The lowest BCUT2D eigenvalue weighted by Gasteiger charge is -2.61. The normalized spacial score (nSPS) is 19.9. The second kappa shape index (κ2) is 10.5. The number of nitriles is 1. The van der Waals surface area contributed by atoms with Gasteiger partial charge in [0.2, 0.25) is 11.9 Å². The van der Waals surface area contributed by atoms with Crippen molar-refractivity contribution in [2.75, 3.05) is 63.2 Å². The predicted molar refractivity (Wildman–Crippen MR) is 172 cm³/mol. The number of fused-ring (bicyclic) bond motifs is 1. The summed E-state index contributed by atoms with van der Waals surface area (Å²) in [6.07, 6.45) is 3.86. The van der Waals surface area contributed by atoms with E-state index in [4.69, 9.17) is 10.1 Å². The van der Waals surface area contributed by atoms with Crippen LogP contribution in [0.1, 0.15) is 42.2 Å². The van der Waals surface area contributed by atoms with Gasteiger partial charge in [0.25, 0.3) is 0 Å². The number of amides is 1. The molecule has 1 aromatic carbocycles. The van der Waals surface area contributed by atoms with E-state index in [0.29, 0.717) is 40.1 Å². The first kappa shape index (κ1) is 28.4. The molecule has 0 unspecified atom stereocenters. The zero-order chi connectivity index (χ0) is 31.0. The molecule has 4 aromatic rings. The summed E-state index contributed by atoms with van der Waals surface area (Å²) in [6.45, 7) is 6.87. The average molecular weight is 626 g/mol. The Balaban J connectivity index is 1.05. The van der Waals surface area contributed by atoms with Gasteiger partial charge in [0.1, 0.15) is 22.5 Å². The number of aromatic nitrogens is 4. The Morgan fingerprint density at radius 2 is 1.80 bits per heavy atom. The van der Waals surface area contributed by atoms with Gasteiger partial charge in [-0.3, -0.25) is 4.79 Å². The molecule has 4 aliphatic rings. The van der Waals surface area contributed by atoms with Crippen molar-refractivity contribution in [3.05, 3.63) is 46.7 Å². The molecule has 1 spiro atoms. The topological polar surface area (TPSA) is 97.4 Å². The van der Waals surface area contributed by atoms with Crippen LogP contribution in [0.5, 0.6) is 0 Å². The molecule has 0 radical (unpaired) electrons. The number of aryl methyl sites for hydroxylation is 1. The van der Waals surface area contributed by atoms with Gasteiger partial charge in [-0.2, -0.15) is 19.7 Å². The van der Waals surface area contributed by atoms with E-state index in [1.807, 2.05) is 63.7 Å². The van der Waals surface area contributed by atoms with Gasteiger partial charge in [0.05, 0.1) is 17.1 Å². The minimum absolute atomic E-state index is 0.0291. The number of carbonyl (C=O) groups is 1. The number of anilines is 3. The van der Waals surface area contributed by atoms with Crippen LogP contribution in [-0.4, -0.2) is 88.8 Å². The number of benzene rings is 1. The second-order valence-electron chi connectivity index (χ2n) is 13.5. The van der Waals surface area contributed by atoms with Crippen LogP contribution in [-0.2, 0) is 4.79 Å². The molecule has 0 bridgehead atoms. The van der Waals surface area contributed by atoms with Crippen molar-refractivity contribution < 1.29 is 9.18 Å². The van der Waals surface area contributed by atoms with Crippen molar-refractivity contribution in [2.24, 2.45) is 11.3 Å². The Morgan fingerprint density at radius 3 is 2.47 bits per heavy atom. The Labute approximate surface area is 265 Å². The van der Waals surface area contributed by atoms with Crippen LogP contribution in [0, 0.1) is 35.5 Å². The Morgan fingerprint density at radius 1 is 1.09 bits per heavy atom. The zero-order valence-corrected chi connectivity index (χ0v) is 26.6. The Bertz CT molecular complexity index is 1830. The van der Waals surface area contributed by atoms with Crippen LogP contribution >= 0.6 is 11.3 Å². The van der Waals surface area contributed by atoms with Gasteiger partial charge in [-0.1, -0.05) is 41.2 Å². The fraction of sp³-hybridized carbons (Fsp3) is 0.485. The summed E-state index contributed by atoms with van der Waals surface area (Å²) < 4.78 is 17.5. The molecule has 1 amide bonds. The fourth-order valence-corrected chi connectivity index (χ4v) is 8.06. The highest BCUT2D eigenvalue weighted by molar-refractivity contribution is 7.16.